The fraction of sp³-hybridized carbons (Fsp3) is 0.120. The second-order valence-electron chi connectivity index (χ2n) is 7.80. The number of H-pyrrole nitrogens is 2. The molecule has 0 radical (unpaired) electrons. The zero-order chi connectivity index (χ0) is 22.8. The average molecular weight is 438 g/mol. The number of para-hydroxylation sites is 1. The van der Waals surface area contributed by atoms with Crippen molar-refractivity contribution in [2.24, 2.45) is 0 Å². The standard InChI is InChI=1S/C25H22N6O2/c1-16-19(15-28-31(16)23-11-12-24(32)30-29-23)25(33)27-13-20(17-7-3-2-4-8-17)21-14-26-22-10-6-5-9-18(21)22/h2-12,14-15,20,26H,13H2,1H3,(H,27,33)(H,30,32)/t20-/m0/s1. The lowest BCUT2D eigenvalue weighted by Crippen LogP contribution is -2.29. The van der Waals surface area contributed by atoms with E-state index in [1.54, 1.807) is 13.0 Å². The number of nitrogens with zero attached hydrogens (tertiary/aromatic N) is 3. The first kappa shape index (κ1) is 20.4. The fourth-order valence-corrected chi connectivity index (χ4v) is 4.08. The maximum atomic E-state index is 13.1. The number of hydrogen-bond donors (Lipinski definition) is 3. The van der Waals surface area contributed by atoms with Crippen LogP contribution in [-0.2, 0) is 0 Å². The van der Waals surface area contributed by atoms with Crippen LogP contribution in [0.4, 0.5) is 0 Å². The SMILES string of the molecule is Cc1c(C(=O)NC[C@@H](c2ccccc2)c2c[nH]c3ccccc23)cnn1-c1ccc(=O)[nH]n1. The molecule has 1 amide bonds. The van der Waals surface area contributed by atoms with Crippen LogP contribution in [-0.4, -0.2) is 37.4 Å². The Balaban J connectivity index is 1.42. The van der Waals surface area contributed by atoms with Crippen molar-refractivity contribution in [2.45, 2.75) is 12.8 Å². The Morgan fingerprint density at radius 1 is 1.06 bits per heavy atom. The van der Waals surface area contributed by atoms with E-state index in [4.69, 9.17) is 0 Å². The maximum Gasteiger partial charge on any atom is 0.264 e. The molecular formula is C25H22N6O2. The van der Waals surface area contributed by atoms with Crippen LogP contribution >= 0.6 is 0 Å². The lowest BCUT2D eigenvalue weighted by Gasteiger charge is -2.18. The molecule has 3 heterocycles. The first-order chi connectivity index (χ1) is 16.1. The summed E-state index contributed by atoms with van der Waals surface area (Å²) < 4.78 is 1.53. The Kier molecular flexibility index (Phi) is 5.32. The molecule has 3 aromatic heterocycles. The lowest BCUT2D eigenvalue weighted by molar-refractivity contribution is 0.0952. The molecule has 1 atom stereocenters. The molecule has 0 fully saturated rings. The van der Waals surface area contributed by atoms with Crippen molar-refractivity contribution in [3.05, 3.63) is 112 Å². The second-order valence-corrected chi connectivity index (χ2v) is 7.80. The number of aromatic nitrogens is 5. The van der Waals surface area contributed by atoms with Crippen molar-refractivity contribution in [2.75, 3.05) is 6.54 Å². The van der Waals surface area contributed by atoms with E-state index in [0.717, 1.165) is 22.0 Å². The number of aromatic amines is 2. The molecule has 164 valence electrons. The molecule has 0 aliphatic rings. The van der Waals surface area contributed by atoms with Gasteiger partial charge in [0.2, 0.25) is 0 Å². The first-order valence-electron chi connectivity index (χ1n) is 10.6. The van der Waals surface area contributed by atoms with E-state index in [0.29, 0.717) is 23.6 Å². The van der Waals surface area contributed by atoms with E-state index in [9.17, 15) is 9.59 Å². The van der Waals surface area contributed by atoms with Gasteiger partial charge in [0.25, 0.3) is 11.5 Å². The van der Waals surface area contributed by atoms with Gasteiger partial charge in [-0.05, 0) is 30.2 Å². The fourth-order valence-electron chi connectivity index (χ4n) is 4.08. The molecule has 0 spiro atoms. The minimum absolute atomic E-state index is 0.0254. The molecule has 0 bridgehead atoms. The van der Waals surface area contributed by atoms with Gasteiger partial charge in [-0.25, -0.2) is 9.78 Å². The molecule has 0 saturated heterocycles. The summed E-state index contributed by atoms with van der Waals surface area (Å²) >= 11 is 0. The van der Waals surface area contributed by atoms with E-state index in [-0.39, 0.29) is 17.4 Å². The van der Waals surface area contributed by atoms with Gasteiger partial charge in [0, 0.05) is 35.6 Å². The Morgan fingerprint density at radius 3 is 2.64 bits per heavy atom. The number of hydrogen-bond acceptors (Lipinski definition) is 4. The van der Waals surface area contributed by atoms with Crippen LogP contribution in [0, 0.1) is 6.92 Å². The van der Waals surface area contributed by atoms with Crippen molar-refractivity contribution < 1.29 is 4.79 Å². The van der Waals surface area contributed by atoms with Crippen molar-refractivity contribution in [1.82, 2.24) is 30.3 Å². The molecule has 0 aliphatic carbocycles. The van der Waals surface area contributed by atoms with Gasteiger partial charge in [-0.15, -0.1) is 0 Å². The molecule has 5 rings (SSSR count). The zero-order valence-corrected chi connectivity index (χ0v) is 17.9. The first-order valence-corrected chi connectivity index (χ1v) is 10.6. The normalized spacial score (nSPS) is 12.0. The molecule has 8 nitrogen and oxygen atoms in total. The van der Waals surface area contributed by atoms with Gasteiger partial charge in [-0.2, -0.15) is 10.2 Å². The maximum absolute atomic E-state index is 13.1. The summed E-state index contributed by atoms with van der Waals surface area (Å²) in [7, 11) is 0. The van der Waals surface area contributed by atoms with Crippen LogP contribution in [0.25, 0.3) is 16.7 Å². The molecule has 33 heavy (non-hydrogen) atoms. The number of nitrogens with one attached hydrogen (secondary N) is 3. The zero-order valence-electron chi connectivity index (χ0n) is 17.9. The van der Waals surface area contributed by atoms with Gasteiger partial charge in [-0.1, -0.05) is 48.5 Å². The third kappa shape index (κ3) is 3.94. The topological polar surface area (TPSA) is 108 Å². The van der Waals surface area contributed by atoms with Gasteiger partial charge in [0.15, 0.2) is 5.82 Å². The number of benzene rings is 2. The van der Waals surface area contributed by atoms with Gasteiger partial charge >= 0.3 is 0 Å². The highest BCUT2D eigenvalue weighted by Gasteiger charge is 2.21. The molecule has 3 N–H and O–H groups in total. The summed E-state index contributed by atoms with van der Waals surface area (Å²) in [5.41, 5.74) is 4.09. The number of carbonyl (C=O) groups excluding carboxylic acids is 1. The highest BCUT2D eigenvalue weighted by molar-refractivity contribution is 5.95. The summed E-state index contributed by atoms with van der Waals surface area (Å²) in [6.45, 7) is 2.22. The molecule has 0 aliphatic heterocycles. The molecule has 5 aromatic rings. The summed E-state index contributed by atoms with van der Waals surface area (Å²) in [4.78, 5) is 27.7. The van der Waals surface area contributed by atoms with Crippen molar-refractivity contribution in [1.29, 1.82) is 0 Å². The summed E-state index contributed by atoms with van der Waals surface area (Å²) in [5, 5.41) is 14.9. The van der Waals surface area contributed by atoms with Crippen molar-refractivity contribution in [3.8, 4) is 5.82 Å². The molecule has 2 aromatic carbocycles. The molecule has 8 heteroatoms. The number of rotatable bonds is 6. The van der Waals surface area contributed by atoms with E-state index in [1.807, 2.05) is 42.6 Å². The number of amides is 1. The van der Waals surface area contributed by atoms with Gasteiger partial charge in [0.1, 0.15) is 0 Å². The van der Waals surface area contributed by atoms with Crippen LogP contribution < -0.4 is 10.9 Å². The quantitative estimate of drug-likeness (QED) is 0.378. The number of carbonyl (C=O) groups is 1. The van der Waals surface area contributed by atoms with Crippen LogP contribution in [0.1, 0.15) is 33.1 Å². The largest absolute Gasteiger partial charge is 0.361 e. The Labute approximate surface area is 189 Å². The summed E-state index contributed by atoms with van der Waals surface area (Å²) in [6, 6.07) is 21.2. The monoisotopic (exact) mass is 438 g/mol. The third-order valence-corrected chi connectivity index (χ3v) is 5.80. The minimum Gasteiger partial charge on any atom is -0.361 e. The van der Waals surface area contributed by atoms with Gasteiger partial charge < -0.3 is 10.3 Å². The Bertz CT molecular complexity index is 1460. The molecule has 0 saturated carbocycles. The van der Waals surface area contributed by atoms with Crippen molar-refractivity contribution in [3.63, 3.8) is 0 Å². The Hall–Kier alpha value is -4.46. The van der Waals surface area contributed by atoms with E-state index in [2.05, 4.69) is 43.8 Å². The van der Waals surface area contributed by atoms with Crippen LogP contribution in [0.5, 0.6) is 0 Å². The van der Waals surface area contributed by atoms with Crippen LogP contribution in [0.15, 0.2) is 83.9 Å². The summed E-state index contributed by atoms with van der Waals surface area (Å²) in [6.07, 6.45) is 3.53. The van der Waals surface area contributed by atoms with Gasteiger partial charge in [0.05, 0.1) is 17.5 Å². The van der Waals surface area contributed by atoms with Gasteiger partial charge in [-0.3, -0.25) is 9.59 Å². The smallest absolute Gasteiger partial charge is 0.264 e. The highest BCUT2D eigenvalue weighted by Crippen LogP contribution is 2.30. The van der Waals surface area contributed by atoms with E-state index >= 15 is 0 Å². The minimum atomic E-state index is -0.300. The summed E-state index contributed by atoms with van der Waals surface area (Å²) in [5.74, 6) is 0.193. The predicted molar refractivity (Wildman–Crippen MR) is 126 cm³/mol. The van der Waals surface area contributed by atoms with Crippen molar-refractivity contribution >= 4 is 16.8 Å². The number of fused-ring (bicyclic) bond motifs is 1. The average Bonchev–Trinajstić information content (AvgIpc) is 3.44. The third-order valence-electron chi connectivity index (χ3n) is 5.80. The second kappa shape index (κ2) is 8.58. The lowest BCUT2D eigenvalue weighted by atomic mass is 9.91. The predicted octanol–water partition coefficient (Wildman–Crippen LogP) is 3.31. The van der Waals surface area contributed by atoms with E-state index in [1.165, 1.54) is 16.9 Å². The van der Waals surface area contributed by atoms with Crippen LogP contribution in [0.2, 0.25) is 0 Å². The van der Waals surface area contributed by atoms with Crippen LogP contribution in [0.3, 0.4) is 0 Å². The molecule has 0 unspecified atom stereocenters. The Morgan fingerprint density at radius 2 is 1.85 bits per heavy atom. The van der Waals surface area contributed by atoms with E-state index < -0.39 is 0 Å². The molecular weight excluding hydrogens is 416 g/mol. The highest BCUT2D eigenvalue weighted by atomic mass is 16.1.